The molecule has 0 bridgehead atoms. The second-order valence-corrected chi connectivity index (χ2v) is 3.77. The van der Waals surface area contributed by atoms with Crippen molar-refractivity contribution in [3.8, 4) is 0 Å². The minimum atomic E-state index is -2.91. The van der Waals surface area contributed by atoms with E-state index in [0.717, 1.165) is 4.90 Å². The predicted octanol–water partition coefficient (Wildman–Crippen LogP) is 1.40. The highest BCUT2D eigenvalue weighted by Gasteiger charge is 2.30. The van der Waals surface area contributed by atoms with Crippen molar-refractivity contribution >= 4 is 11.8 Å². The second-order valence-electron chi connectivity index (χ2n) is 3.77. The number of ketones is 1. The molecule has 0 aromatic rings. The summed E-state index contributed by atoms with van der Waals surface area (Å²) in [6.07, 6.45) is -0.254. The highest BCUT2D eigenvalue weighted by molar-refractivity contribution is 5.75. The van der Waals surface area contributed by atoms with Gasteiger partial charge in [0, 0.05) is 19.4 Å². The van der Waals surface area contributed by atoms with Gasteiger partial charge in [0.15, 0.2) is 0 Å². The largest absolute Gasteiger partial charge is 0.480 e. The Morgan fingerprint density at radius 1 is 1.38 bits per heavy atom. The third-order valence-electron chi connectivity index (χ3n) is 2.11. The molecule has 0 fully saturated rings. The summed E-state index contributed by atoms with van der Waals surface area (Å²) < 4.78 is 26.1. The van der Waals surface area contributed by atoms with Crippen molar-refractivity contribution in [2.75, 3.05) is 19.6 Å². The van der Waals surface area contributed by atoms with Crippen molar-refractivity contribution in [3.63, 3.8) is 0 Å². The fourth-order valence-electron chi connectivity index (χ4n) is 1.16. The molecule has 94 valence electrons. The summed E-state index contributed by atoms with van der Waals surface area (Å²) in [7, 11) is 0. The molecule has 0 amide bonds. The lowest BCUT2D eigenvalue weighted by Gasteiger charge is -2.24. The maximum Gasteiger partial charge on any atom is 0.317 e. The van der Waals surface area contributed by atoms with E-state index in [1.54, 1.807) is 0 Å². The molecule has 0 saturated heterocycles. The number of rotatable bonds is 8. The van der Waals surface area contributed by atoms with Gasteiger partial charge in [-0.1, -0.05) is 6.92 Å². The first-order valence-electron chi connectivity index (χ1n) is 5.08. The molecule has 0 aliphatic rings. The number of aliphatic carboxylic acids is 1. The zero-order valence-corrected chi connectivity index (χ0v) is 9.50. The third kappa shape index (κ3) is 7.28. The molecule has 0 spiro atoms. The van der Waals surface area contributed by atoms with Crippen LogP contribution in [0.5, 0.6) is 0 Å². The van der Waals surface area contributed by atoms with Gasteiger partial charge >= 0.3 is 5.97 Å². The summed E-state index contributed by atoms with van der Waals surface area (Å²) in [6, 6.07) is 0. The number of carboxylic acids is 1. The topological polar surface area (TPSA) is 57.6 Å². The van der Waals surface area contributed by atoms with E-state index in [1.807, 2.05) is 0 Å². The summed E-state index contributed by atoms with van der Waals surface area (Å²) >= 11 is 0. The molecule has 0 saturated carbocycles. The summed E-state index contributed by atoms with van der Waals surface area (Å²) in [6.45, 7) is 1.64. The van der Waals surface area contributed by atoms with Gasteiger partial charge in [-0.05, 0) is 6.92 Å². The first-order chi connectivity index (χ1) is 7.26. The Hall–Kier alpha value is -1.04. The second kappa shape index (κ2) is 6.52. The van der Waals surface area contributed by atoms with Crippen molar-refractivity contribution in [2.24, 2.45) is 0 Å². The van der Waals surface area contributed by atoms with Crippen LogP contribution in [0.1, 0.15) is 26.7 Å². The van der Waals surface area contributed by atoms with Crippen molar-refractivity contribution in [3.05, 3.63) is 0 Å². The van der Waals surface area contributed by atoms with Crippen LogP contribution in [-0.2, 0) is 9.59 Å². The quantitative estimate of drug-likeness (QED) is 0.693. The molecular weight excluding hydrogens is 220 g/mol. The highest BCUT2D eigenvalue weighted by Crippen LogP contribution is 2.19. The van der Waals surface area contributed by atoms with Crippen LogP contribution in [0.4, 0.5) is 8.78 Å². The number of carbonyl (C=O) groups is 2. The molecule has 6 heteroatoms. The van der Waals surface area contributed by atoms with E-state index in [0.29, 0.717) is 0 Å². The number of hydrogen-bond donors (Lipinski definition) is 1. The summed E-state index contributed by atoms with van der Waals surface area (Å²) in [5.41, 5.74) is 0. The van der Waals surface area contributed by atoms with Crippen LogP contribution in [0.15, 0.2) is 0 Å². The fourth-order valence-corrected chi connectivity index (χ4v) is 1.16. The Bertz CT molecular complexity index is 256. The van der Waals surface area contributed by atoms with Crippen molar-refractivity contribution in [1.29, 1.82) is 0 Å². The van der Waals surface area contributed by atoms with E-state index >= 15 is 0 Å². The molecule has 0 radical (unpaired) electrons. The highest BCUT2D eigenvalue weighted by atomic mass is 19.3. The molecule has 1 N–H and O–H groups in total. The fraction of sp³-hybridized carbons (Fsp3) is 0.800. The number of carbonyl (C=O) groups excluding carboxylic acids is 1. The lowest BCUT2D eigenvalue weighted by Crippen LogP contribution is -2.40. The Kier molecular flexibility index (Phi) is 6.10. The van der Waals surface area contributed by atoms with Crippen LogP contribution >= 0.6 is 0 Å². The summed E-state index contributed by atoms with van der Waals surface area (Å²) in [4.78, 5) is 22.3. The monoisotopic (exact) mass is 237 g/mol. The van der Waals surface area contributed by atoms with Gasteiger partial charge in [0.25, 0.3) is 5.92 Å². The van der Waals surface area contributed by atoms with E-state index in [9.17, 15) is 18.4 Å². The first kappa shape index (κ1) is 15.0. The summed E-state index contributed by atoms with van der Waals surface area (Å²) in [5, 5.41) is 8.55. The average molecular weight is 237 g/mol. The molecule has 0 aromatic heterocycles. The standard InChI is InChI=1S/C10H17F2NO3/c1-3-10(11,12)7-13(6-9(15)16)5-4-8(2)14/h3-7H2,1-2H3,(H,15,16). The van der Waals surface area contributed by atoms with E-state index in [2.05, 4.69) is 0 Å². The minimum Gasteiger partial charge on any atom is -0.480 e. The van der Waals surface area contributed by atoms with Crippen molar-refractivity contribution in [2.45, 2.75) is 32.6 Å². The van der Waals surface area contributed by atoms with Crippen molar-refractivity contribution < 1.29 is 23.5 Å². The molecule has 0 unspecified atom stereocenters. The molecule has 0 aromatic carbocycles. The van der Waals surface area contributed by atoms with E-state index in [1.165, 1.54) is 13.8 Å². The Balaban J connectivity index is 4.30. The number of halogens is 2. The molecule has 0 heterocycles. The van der Waals surface area contributed by atoms with Crippen LogP contribution in [0.2, 0.25) is 0 Å². The van der Waals surface area contributed by atoms with Crippen LogP contribution in [0.25, 0.3) is 0 Å². The van der Waals surface area contributed by atoms with Gasteiger partial charge in [-0.15, -0.1) is 0 Å². The lowest BCUT2D eigenvalue weighted by atomic mass is 10.2. The van der Waals surface area contributed by atoms with E-state index < -0.39 is 25.0 Å². The third-order valence-corrected chi connectivity index (χ3v) is 2.11. The molecule has 0 rings (SSSR count). The number of hydrogen-bond acceptors (Lipinski definition) is 3. The Labute approximate surface area is 93.2 Å². The van der Waals surface area contributed by atoms with E-state index in [4.69, 9.17) is 5.11 Å². The van der Waals surface area contributed by atoms with Crippen LogP contribution in [0.3, 0.4) is 0 Å². The predicted molar refractivity (Wildman–Crippen MR) is 54.6 cm³/mol. The molecule has 0 aliphatic heterocycles. The zero-order valence-electron chi connectivity index (χ0n) is 9.50. The lowest BCUT2D eigenvalue weighted by molar-refractivity contribution is -0.140. The number of nitrogens with zero attached hydrogens (tertiary/aromatic N) is 1. The molecule has 0 atom stereocenters. The van der Waals surface area contributed by atoms with Crippen LogP contribution in [-0.4, -0.2) is 47.3 Å². The first-order valence-corrected chi connectivity index (χ1v) is 5.08. The van der Waals surface area contributed by atoms with Crippen LogP contribution < -0.4 is 0 Å². The van der Waals surface area contributed by atoms with Gasteiger partial charge in [0.2, 0.25) is 0 Å². The van der Waals surface area contributed by atoms with Gasteiger partial charge in [0.1, 0.15) is 5.78 Å². The van der Waals surface area contributed by atoms with Gasteiger partial charge < -0.3 is 5.11 Å². The Morgan fingerprint density at radius 3 is 2.31 bits per heavy atom. The van der Waals surface area contributed by atoms with Gasteiger partial charge in [-0.25, -0.2) is 8.78 Å². The van der Waals surface area contributed by atoms with E-state index in [-0.39, 0.29) is 25.2 Å². The maximum absolute atomic E-state index is 13.1. The van der Waals surface area contributed by atoms with Crippen LogP contribution in [0, 0.1) is 0 Å². The number of Topliss-reactive ketones (excluding diaryl/α,β-unsaturated/α-hetero) is 1. The number of carboxylic acid groups (broad SMARTS) is 1. The molecule has 4 nitrogen and oxygen atoms in total. The molecule has 0 aliphatic carbocycles. The van der Waals surface area contributed by atoms with Gasteiger partial charge in [-0.2, -0.15) is 0 Å². The van der Waals surface area contributed by atoms with Crippen molar-refractivity contribution in [1.82, 2.24) is 4.90 Å². The Morgan fingerprint density at radius 2 is 1.94 bits per heavy atom. The maximum atomic E-state index is 13.1. The zero-order chi connectivity index (χ0) is 12.8. The summed E-state index contributed by atoms with van der Waals surface area (Å²) in [5.74, 6) is -4.22. The minimum absolute atomic E-state index is 0.0528. The van der Waals surface area contributed by atoms with Gasteiger partial charge in [-0.3, -0.25) is 14.5 Å². The van der Waals surface area contributed by atoms with Gasteiger partial charge in [0.05, 0.1) is 13.1 Å². The average Bonchev–Trinajstić information content (AvgIpc) is 2.13. The normalized spacial score (nSPS) is 11.8. The smallest absolute Gasteiger partial charge is 0.317 e. The SMILES string of the molecule is CCC(F)(F)CN(CCC(C)=O)CC(=O)O. The molecule has 16 heavy (non-hydrogen) atoms. The molecular formula is C10H17F2NO3. The number of alkyl halides is 2.